The van der Waals surface area contributed by atoms with E-state index in [2.05, 4.69) is 134 Å². The molecular weight excluding hydrogens is 1580 g/mol. The first-order chi connectivity index (χ1) is 59.7. The molecule has 7 N–H and O–H groups in total. The number of carbonyl (C=O) groups excluding carboxylic acids is 3. The summed E-state index contributed by atoms with van der Waals surface area (Å²) in [6.45, 7) is 28.0. The van der Waals surface area contributed by atoms with Crippen molar-refractivity contribution in [2.75, 3.05) is 222 Å². The number of H-pyrrole nitrogens is 3. The number of anilines is 9. The van der Waals surface area contributed by atoms with Crippen LogP contribution in [0.25, 0.3) is 32.7 Å². The van der Waals surface area contributed by atoms with Crippen LogP contribution in [0.1, 0.15) is 55.1 Å². The molecule has 0 spiro atoms. The summed E-state index contributed by atoms with van der Waals surface area (Å²) in [5.41, 5.74) is 8.00. The molecule has 123 heavy (non-hydrogen) atoms. The molecule has 12 aromatic rings. The average molecular weight is 1680 g/mol. The van der Waals surface area contributed by atoms with Crippen LogP contribution in [0.2, 0.25) is 0 Å². The number of amides is 3. The van der Waals surface area contributed by atoms with E-state index in [1.165, 1.54) is 37.2 Å². The number of halogens is 3. The summed E-state index contributed by atoms with van der Waals surface area (Å²) in [5, 5.41) is 14.1. The van der Waals surface area contributed by atoms with Gasteiger partial charge in [0.1, 0.15) is 53.1 Å². The monoisotopic (exact) mass is 1680 g/mol. The minimum Gasteiger partial charge on any atom is -0.435 e. The summed E-state index contributed by atoms with van der Waals surface area (Å²) in [5.74, 6) is -0.278. The number of piperazine rings is 6. The lowest BCUT2D eigenvalue weighted by atomic mass is 10.2. The van der Waals surface area contributed by atoms with Crippen LogP contribution in [0.4, 0.5) is 65.1 Å². The van der Waals surface area contributed by atoms with E-state index in [1.807, 2.05) is 90.7 Å². The maximum absolute atomic E-state index is 15.5. The third-order valence-corrected chi connectivity index (χ3v) is 23.1. The van der Waals surface area contributed by atoms with Crippen LogP contribution in [0, 0.1) is 38.2 Å². The van der Waals surface area contributed by atoms with Crippen LogP contribution >= 0.6 is 0 Å². The summed E-state index contributed by atoms with van der Waals surface area (Å²) >= 11 is 0. The molecule has 6 aliphatic rings. The lowest BCUT2D eigenvalue weighted by Crippen LogP contribution is -2.47. The van der Waals surface area contributed by atoms with Gasteiger partial charge in [-0.15, -0.1) is 0 Å². The van der Waals surface area contributed by atoms with Crippen molar-refractivity contribution in [3.63, 3.8) is 0 Å². The maximum atomic E-state index is 15.5. The van der Waals surface area contributed by atoms with E-state index in [4.69, 9.17) is 14.2 Å². The quantitative estimate of drug-likeness (QED) is 0.0395. The second-order valence-corrected chi connectivity index (χ2v) is 31.7. The second-order valence-electron chi connectivity index (χ2n) is 31.7. The summed E-state index contributed by atoms with van der Waals surface area (Å²) in [4.78, 5) is 114. The maximum Gasteiger partial charge on any atom is 0.263 e. The molecule has 0 saturated carbocycles. The molecule has 3 amide bonds. The van der Waals surface area contributed by atoms with Gasteiger partial charge in [0, 0.05) is 207 Å². The highest BCUT2D eigenvalue weighted by Gasteiger charge is 2.34. The van der Waals surface area contributed by atoms with E-state index in [9.17, 15) is 14.4 Å². The number of fused-ring (bicyclic) bond motifs is 3. The molecule has 33 nitrogen and oxygen atoms in total. The summed E-state index contributed by atoms with van der Waals surface area (Å²) in [7, 11) is 8.19. The van der Waals surface area contributed by atoms with E-state index in [1.54, 1.807) is 57.3 Å². The molecule has 0 unspecified atom stereocenters. The number of benzene rings is 3. The Bertz CT molecular complexity index is 5720. The van der Waals surface area contributed by atoms with Gasteiger partial charge in [-0.1, -0.05) is 6.92 Å². The second kappa shape index (κ2) is 37.6. The van der Waals surface area contributed by atoms with Gasteiger partial charge < -0.3 is 104 Å². The zero-order chi connectivity index (χ0) is 85.4. The fraction of sp³-hybridized carbons (Fsp3) is 0.379. The molecule has 18 rings (SSSR count). The number of likely N-dealkylation sites (N-methyl/N-ethyl adjacent to an activating group) is 5. The van der Waals surface area contributed by atoms with Crippen molar-refractivity contribution in [2.45, 2.75) is 27.7 Å². The van der Waals surface area contributed by atoms with Gasteiger partial charge in [0.2, 0.25) is 17.6 Å². The molecule has 0 aliphatic carbocycles. The molecule has 6 aliphatic heterocycles. The van der Waals surface area contributed by atoms with Gasteiger partial charge in [0.15, 0.2) is 52.2 Å². The molecular formula is C87H102F3N27O6. The zero-order valence-corrected chi connectivity index (χ0v) is 70.3. The largest absolute Gasteiger partial charge is 0.435 e. The molecule has 642 valence electrons. The average Bonchev–Trinajstić information content (AvgIpc) is 1.76. The van der Waals surface area contributed by atoms with E-state index >= 15 is 13.2 Å². The SMILES string of the molecule is CCN1CCN(c2ccc(Nc3ncnc(Oc4ccc5[nH]c(C)cc5c4F)c3C(=O)N3CCN(C)CC3)nc2)CC1.Cc1cc2c(F)c(Oc3ncnc(Nc4ccc(N5CCN(C)CC5)cn4)c3C(=O)N3CCN(C)CC3)ccc2[nH]1.Cc1cc2c(F)c(Oc3ncnc(Nc4ccc(N5CCNCC5)cn4)c3C(=O)N3CCN(C)CC3)ccc2[nH]1. The molecule has 0 radical (unpaired) electrons. The summed E-state index contributed by atoms with van der Waals surface area (Å²) < 4.78 is 64.3. The number of rotatable bonds is 19. The number of aromatic nitrogens is 12. The number of ether oxygens (including phenoxy) is 3. The van der Waals surface area contributed by atoms with Crippen LogP contribution < -0.4 is 50.2 Å². The minimum atomic E-state index is -0.530. The Morgan fingerprint density at radius 2 is 0.659 bits per heavy atom. The Morgan fingerprint density at radius 3 is 0.951 bits per heavy atom. The smallest absolute Gasteiger partial charge is 0.263 e. The van der Waals surface area contributed by atoms with Crippen LogP contribution in [0.15, 0.2) is 129 Å². The highest BCUT2D eigenvalue weighted by atomic mass is 19.1. The number of hydrogen-bond acceptors (Lipinski definition) is 27. The van der Waals surface area contributed by atoms with Crippen molar-refractivity contribution in [3.8, 4) is 34.9 Å². The van der Waals surface area contributed by atoms with Gasteiger partial charge in [-0.05, 0) is 147 Å². The first-order valence-electron chi connectivity index (χ1n) is 41.6. The Hall–Kier alpha value is -12.9. The Labute approximate surface area is 710 Å². The number of nitrogens with one attached hydrogen (secondary N) is 7. The fourth-order valence-electron chi connectivity index (χ4n) is 15.7. The van der Waals surface area contributed by atoms with Crippen molar-refractivity contribution in [1.82, 2.24) is 104 Å². The summed E-state index contributed by atoms with van der Waals surface area (Å²) in [6.07, 6.45) is 9.35. The molecule has 6 saturated heterocycles. The van der Waals surface area contributed by atoms with Gasteiger partial charge in [0.25, 0.3) is 17.7 Å². The van der Waals surface area contributed by atoms with Gasteiger partial charge >= 0.3 is 0 Å². The lowest BCUT2D eigenvalue weighted by Gasteiger charge is -2.35. The lowest BCUT2D eigenvalue weighted by molar-refractivity contribution is 0.0654. The number of carbonyl (C=O) groups is 3. The van der Waals surface area contributed by atoms with E-state index < -0.39 is 17.5 Å². The van der Waals surface area contributed by atoms with Crippen LogP contribution in [0.5, 0.6) is 34.9 Å². The number of pyridine rings is 3. The molecule has 0 bridgehead atoms. The van der Waals surface area contributed by atoms with Gasteiger partial charge in [-0.25, -0.2) is 58.0 Å². The third-order valence-electron chi connectivity index (χ3n) is 23.1. The van der Waals surface area contributed by atoms with E-state index in [0.29, 0.717) is 89.4 Å². The third kappa shape index (κ3) is 19.4. The molecule has 6 fully saturated rings. The molecule has 15 heterocycles. The highest BCUT2D eigenvalue weighted by Crippen LogP contribution is 2.39. The number of aryl methyl sites for hydroxylation is 3. The molecule has 3 aromatic carbocycles. The number of aromatic amines is 3. The zero-order valence-electron chi connectivity index (χ0n) is 70.3. The topological polar surface area (TPSA) is 326 Å². The molecule has 36 heteroatoms. The van der Waals surface area contributed by atoms with E-state index in [-0.39, 0.29) is 86.8 Å². The Kier molecular flexibility index (Phi) is 25.6. The fourth-order valence-corrected chi connectivity index (χ4v) is 15.7. The van der Waals surface area contributed by atoms with Crippen molar-refractivity contribution in [3.05, 3.63) is 180 Å². The Morgan fingerprint density at radius 1 is 0.366 bits per heavy atom. The highest BCUT2D eigenvalue weighted by molar-refractivity contribution is 6.03. The first kappa shape index (κ1) is 83.8. The van der Waals surface area contributed by atoms with Gasteiger partial charge in [-0.3, -0.25) is 14.4 Å². The van der Waals surface area contributed by atoms with Gasteiger partial charge in [-0.2, -0.15) is 0 Å². The van der Waals surface area contributed by atoms with Crippen molar-refractivity contribution in [2.24, 2.45) is 0 Å². The molecule has 9 aromatic heterocycles. The standard InChI is InChI=1S/C30H36FN9O2.C29H34FN9O2.C28H32FN9O2/c1-4-38-11-15-39(16-12-38)21-5-8-25(32-18-21)36-28-26(30(41)40-13-9-37(3)10-14-40)29(34-19-33-28)42-24-7-6-23-22(27(24)31)17-20(2)35-23;1-19-16-21-22(34-19)5-6-23(26(21)30)41-28-25(29(40)39-14-10-37(3)11-15-39)27(32-18-33-28)35-24-7-4-20(17-31-24)38-12-8-36(2)9-13-38;1-18-15-20-21(34-18)4-5-22(25(20)29)40-27-24(28(39)38-13-11-36(2)12-14-38)26(32-17-33-27)35-23-6-3-19(16-31-23)37-9-7-30-8-10-37/h5-8,17-19,35H,4,9-16H2,1-3H3,(H,32,33,34,36);4-7,16-18,34H,8-15H2,1-3H3,(H,31,32,33,35);3-6,15-17,30,34H,7-14H2,1-2H3,(H,31,32,33,35). The predicted molar refractivity (Wildman–Crippen MR) is 467 cm³/mol. The Balaban J connectivity index is 0.000000137. The van der Waals surface area contributed by atoms with Gasteiger partial charge in [0.05, 0.1) is 35.7 Å². The van der Waals surface area contributed by atoms with Crippen LogP contribution in [-0.4, -0.2) is 309 Å². The van der Waals surface area contributed by atoms with Crippen LogP contribution in [-0.2, 0) is 0 Å². The van der Waals surface area contributed by atoms with Crippen molar-refractivity contribution >= 4 is 102 Å². The molecule has 0 atom stereocenters. The predicted octanol–water partition coefficient (Wildman–Crippen LogP) is 10.5. The van der Waals surface area contributed by atoms with Crippen LogP contribution in [0.3, 0.4) is 0 Å². The van der Waals surface area contributed by atoms with E-state index in [0.717, 1.165) is 158 Å². The van der Waals surface area contributed by atoms with Crippen molar-refractivity contribution in [1.29, 1.82) is 0 Å². The normalized spacial score (nSPS) is 16.6. The summed E-state index contributed by atoms with van der Waals surface area (Å²) in [6, 6.07) is 26.6. The minimum absolute atomic E-state index is 0.0210. The van der Waals surface area contributed by atoms with Crippen molar-refractivity contribution < 1.29 is 41.8 Å². The number of nitrogens with zero attached hydrogens (tertiary/aromatic N) is 20. The number of hydrogen-bond donors (Lipinski definition) is 7. The first-order valence-corrected chi connectivity index (χ1v) is 41.6.